The first-order chi connectivity index (χ1) is 47.1. The van der Waals surface area contributed by atoms with Crippen molar-refractivity contribution in [3.63, 3.8) is 0 Å². The molecule has 568 valence electrons. The third-order valence-corrected chi connectivity index (χ3v) is 15.8. The van der Waals surface area contributed by atoms with E-state index < -0.39 is 5.60 Å². The maximum atomic E-state index is 9.31. The summed E-state index contributed by atoms with van der Waals surface area (Å²) in [6, 6.07) is 61.9. The van der Waals surface area contributed by atoms with Crippen molar-refractivity contribution in [1.29, 1.82) is 0 Å². The number of methoxy groups -OCH3 is 2. The second-order valence-corrected chi connectivity index (χ2v) is 31.9. The highest BCUT2D eigenvalue weighted by Crippen LogP contribution is 2.29. The molecule has 0 aliphatic heterocycles. The van der Waals surface area contributed by atoms with E-state index in [9.17, 15) is 15.3 Å². The third kappa shape index (κ3) is 42.7. The van der Waals surface area contributed by atoms with Gasteiger partial charge < -0.3 is 35.0 Å². The van der Waals surface area contributed by atoms with Crippen molar-refractivity contribution >= 4 is 0 Å². The van der Waals surface area contributed by atoms with Gasteiger partial charge in [0.1, 0.15) is 40.3 Å². The maximum Gasteiger partial charge on any atom is 0.133 e. The number of hydrogen-bond acceptors (Lipinski definition) is 9. The molecule has 0 aliphatic carbocycles. The number of aliphatic hydroxyl groups is 1. The summed E-state index contributed by atoms with van der Waals surface area (Å²) in [6.45, 7) is 60.7. The van der Waals surface area contributed by atoms with Gasteiger partial charge in [-0.25, -0.2) is 9.97 Å². The van der Waals surface area contributed by atoms with Crippen molar-refractivity contribution in [2.75, 3.05) is 14.2 Å². The molecule has 9 nitrogen and oxygen atoms in total. The first kappa shape index (κ1) is 96.7. The Labute approximate surface area is 628 Å². The Bertz CT molecular complexity index is 3650. The van der Waals surface area contributed by atoms with Crippen molar-refractivity contribution in [3.05, 3.63) is 273 Å². The van der Waals surface area contributed by atoms with Gasteiger partial charge in [0.05, 0.1) is 19.8 Å². The van der Waals surface area contributed by atoms with Gasteiger partial charge in [-0.05, 0) is 218 Å². The molecule has 9 heteroatoms. The Balaban J connectivity index is 0. The minimum Gasteiger partial charge on any atom is -0.508 e. The highest BCUT2D eigenvalue weighted by atomic mass is 16.5. The summed E-state index contributed by atoms with van der Waals surface area (Å²) in [6.07, 6.45) is 1.81. The fraction of sp³-hybridized carbons (Fsp3) is 0.447. The Kier molecular flexibility index (Phi) is 44.8. The van der Waals surface area contributed by atoms with Gasteiger partial charge in [-0.15, -0.1) is 0 Å². The zero-order valence-electron chi connectivity index (χ0n) is 68.9. The molecule has 0 saturated heterocycles. The van der Waals surface area contributed by atoms with Crippen LogP contribution in [-0.4, -0.2) is 55.3 Å². The summed E-state index contributed by atoms with van der Waals surface area (Å²) in [4.78, 5) is 8.53. The van der Waals surface area contributed by atoms with Gasteiger partial charge in [0.15, 0.2) is 0 Å². The molecule has 103 heavy (non-hydrogen) atoms. The van der Waals surface area contributed by atoms with Crippen LogP contribution in [0.2, 0.25) is 0 Å². The van der Waals surface area contributed by atoms with E-state index in [1.807, 2.05) is 112 Å². The average molecular weight is 1410 g/mol. The fourth-order valence-corrected chi connectivity index (χ4v) is 9.00. The highest BCUT2D eigenvalue weighted by Gasteiger charge is 2.17. The Morgan fingerprint density at radius 1 is 0.350 bits per heavy atom. The molecule has 0 spiro atoms. The molecule has 0 amide bonds. The number of aryl methyl sites for hydroxylation is 5. The number of hydrogen-bond donors (Lipinski definition) is 5. The van der Waals surface area contributed by atoms with Gasteiger partial charge in [-0.1, -0.05) is 292 Å². The number of phenols is 4. The van der Waals surface area contributed by atoms with Crippen molar-refractivity contribution < 1.29 is 35.0 Å². The number of aromatic nitrogens is 2. The lowest BCUT2D eigenvalue weighted by atomic mass is 9.86. The summed E-state index contributed by atoms with van der Waals surface area (Å²) >= 11 is 0. The predicted molar refractivity (Wildman–Crippen MR) is 446 cm³/mol. The molecule has 1 aromatic heterocycles. The standard InChI is InChI=1S/2C11H16O.C11H16.2C10H14O.C9H14N2.2C9H12O.C9H12.C4H10O.CH4/c1-8-7-9(11(2,3)4)5-6-10(8)12;1-8(2)10-5-6-11(12-4)9(3)7-10;1-9-6-5-7-10(8-9)11(2,3)4;1-8(2)9-4-6-10(11-3)7-5-9;1-7(2)9-4-5-10(11)8(3)6-9;1-7-5-6-10-8(11-7)9(2,3)4;1-7(2)8-3-5-9(10)6-4-8;1-7(2)8-5-3-4-6-9(8)10;1-8(2)9-6-4-3-5-7-9;1-4(2,3)5;/h5-7,12H,1-4H3;5-8H,1-4H3;5-8H,1-4H3;4-8H,1-3H3;4-7,11H,1-3H3;5-6H,1-4H3;2*3-7,10H,1-2H3;3-8H,1-2H3;5H,1-3H3;1H4. The summed E-state index contributed by atoms with van der Waals surface area (Å²) in [5, 5.41) is 45.3. The second-order valence-electron chi connectivity index (χ2n) is 31.9. The largest absolute Gasteiger partial charge is 0.508 e. The van der Waals surface area contributed by atoms with Crippen LogP contribution in [0, 0.1) is 34.6 Å². The zero-order chi connectivity index (χ0) is 78.5. The molecule has 0 fully saturated rings. The molecular formula is C94H140N2O7. The van der Waals surface area contributed by atoms with Crippen LogP contribution in [-0.2, 0) is 16.2 Å². The number of ether oxygens (including phenoxy) is 2. The third-order valence-electron chi connectivity index (χ3n) is 15.8. The van der Waals surface area contributed by atoms with Crippen molar-refractivity contribution in [3.8, 4) is 34.5 Å². The first-order valence-corrected chi connectivity index (χ1v) is 36.2. The van der Waals surface area contributed by atoms with Crippen LogP contribution < -0.4 is 9.47 Å². The molecule has 9 aromatic rings. The molecule has 5 N–H and O–H groups in total. The molecule has 0 atom stereocenters. The van der Waals surface area contributed by atoms with E-state index in [0.29, 0.717) is 58.5 Å². The minimum atomic E-state index is -0.500. The van der Waals surface area contributed by atoms with E-state index in [1.165, 1.54) is 50.1 Å². The monoisotopic (exact) mass is 1410 g/mol. The number of phenolic OH excluding ortho intramolecular Hbond substituents is 4. The van der Waals surface area contributed by atoms with E-state index in [-0.39, 0.29) is 23.7 Å². The van der Waals surface area contributed by atoms with Crippen LogP contribution in [0.1, 0.15) is 287 Å². The van der Waals surface area contributed by atoms with Gasteiger partial charge in [-0.2, -0.15) is 0 Å². The molecule has 0 unspecified atom stereocenters. The second kappa shape index (κ2) is 47.8. The Morgan fingerprint density at radius 2 is 0.748 bits per heavy atom. The lowest BCUT2D eigenvalue weighted by Crippen LogP contribution is -2.15. The SMILES string of the molecule is C.CC(C)(C)O.CC(C)c1ccc(O)cc1.CC(C)c1ccccc1.CC(C)c1ccccc1O.COc1ccc(C(C)C)cc1.COc1ccc(C(C)C)cc1C.Cc1cc(C(C)(C)C)ccc1O.Cc1cc(C(C)C)ccc1O.Cc1cccc(C(C)(C)C)c1.Cc1ccnc(C(C)(C)C)n1. The van der Waals surface area contributed by atoms with Gasteiger partial charge in [0.25, 0.3) is 0 Å². The molecule has 0 radical (unpaired) electrons. The van der Waals surface area contributed by atoms with E-state index in [2.05, 4.69) is 242 Å². The number of aromatic hydroxyl groups is 4. The van der Waals surface area contributed by atoms with E-state index in [0.717, 1.165) is 39.7 Å². The summed E-state index contributed by atoms with van der Waals surface area (Å²) in [7, 11) is 3.39. The quantitative estimate of drug-likeness (QED) is 0.100. The number of para-hydroxylation sites is 1. The topological polar surface area (TPSA) is 145 Å². The van der Waals surface area contributed by atoms with Crippen molar-refractivity contribution in [1.82, 2.24) is 9.97 Å². The molecule has 0 aliphatic rings. The Hall–Kier alpha value is -8.40. The van der Waals surface area contributed by atoms with Gasteiger partial charge in [-0.3, -0.25) is 0 Å². The lowest BCUT2D eigenvalue weighted by Gasteiger charge is -2.19. The van der Waals surface area contributed by atoms with Crippen LogP contribution in [0.3, 0.4) is 0 Å². The van der Waals surface area contributed by atoms with Gasteiger partial charge in [0.2, 0.25) is 0 Å². The molecule has 1 heterocycles. The van der Waals surface area contributed by atoms with Crippen LogP contribution in [0.4, 0.5) is 0 Å². The van der Waals surface area contributed by atoms with Crippen LogP contribution >= 0.6 is 0 Å². The van der Waals surface area contributed by atoms with E-state index in [1.54, 1.807) is 65.3 Å². The lowest BCUT2D eigenvalue weighted by molar-refractivity contribution is 0.102. The molecular weight excluding hydrogens is 1270 g/mol. The highest BCUT2D eigenvalue weighted by molar-refractivity contribution is 5.40. The summed E-state index contributed by atoms with van der Waals surface area (Å²) in [5.74, 6) is 7.64. The van der Waals surface area contributed by atoms with E-state index in [4.69, 9.17) is 19.7 Å². The Morgan fingerprint density at radius 3 is 1.09 bits per heavy atom. The first-order valence-electron chi connectivity index (χ1n) is 36.2. The van der Waals surface area contributed by atoms with Gasteiger partial charge in [0, 0.05) is 17.3 Å². The molecule has 9 rings (SSSR count). The number of nitrogens with zero attached hydrogens (tertiary/aromatic N) is 2. The van der Waals surface area contributed by atoms with E-state index >= 15 is 0 Å². The summed E-state index contributed by atoms with van der Waals surface area (Å²) in [5.41, 5.74) is 15.9. The zero-order valence-corrected chi connectivity index (χ0v) is 68.9. The maximum absolute atomic E-state index is 9.31. The number of rotatable bonds is 8. The van der Waals surface area contributed by atoms with Crippen molar-refractivity contribution in [2.45, 2.75) is 266 Å². The summed E-state index contributed by atoms with van der Waals surface area (Å²) < 4.78 is 10.2. The minimum absolute atomic E-state index is 0. The predicted octanol–water partition coefficient (Wildman–Crippen LogP) is 26.4. The van der Waals surface area contributed by atoms with Crippen LogP contribution in [0.15, 0.2) is 194 Å². The number of benzene rings is 8. The van der Waals surface area contributed by atoms with Crippen LogP contribution in [0.25, 0.3) is 0 Å². The average Bonchev–Trinajstić information content (AvgIpc) is 0.887. The van der Waals surface area contributed by atoms with Gasteiger partial charge >= 0.3 is 0 Å². The van der Waals surface area contributed by atoms with Crippen LogP contribution in [0.5, 0.6) is 34.5 Å². The molecule has 0 saturated carbocycles. The molecule has 8 aromatic carbocycles. The normalized spacial score (nSPS) is 10.7. The smallest absolute Gasteiger partial charge is 0.133 e. The molecule has 0 bridgehead atoms. The fourth-order valence-electron chi connectivity index (χ4n) is 9.00. The van der Waals surface area contributed by atoms with Crippen molar-refractivity contribution in [2.24, 2.45) is 0 Å².